The summed E-state index contributed by atoms with van der Waals surface area (Å²) in [6.07, 6.45) is 1.78. The van der Waals surface area contributed by atoms with E-state index in [1.165, 1.54) is 0 Å². The highest BCUT2D eigenvalue weighted by Gasteiger charge is 2.20. The van der Waals surface area contributed by atoms with Crippen LogP contribution in [0.25, 0.3) is 0 Å². The van der Waals surface area contributed by atoms with E-state index in [0.717, 1.165) is 18.5 Å². The fourth-order valence-electron chi connectivity index (χ4n) is 1.53. The molecule has 0 saturated heterocycles. The Morgan fingerprint density at radius 2 is 2.06 bits per heavy atom. The summed E-state index contributed by atoms with van der Waals surface area (Å²) in [5.74, 6) is 0. The number of nitrogens with zero attached hydrogens (tertiary/aromatic N) is 1. The molecule has 0 aliphatic heterocycles. The van der Waals surface area contributed by atoms with Crippen molar-refractivity contribution in [3.63, 3.8) is 0 Å². The molecule has 1 aromatic carbocycles. The number of nitriles is 1. The van der Waals surface area contributed by atoms with E-state index in [4.69, 9.17) is 22.6 Å². The molecule has 0 unspecified atom stereocenters. The van der Waals surface area contributed by atoms with Gasteiger partial charge in [-0.2, -0.15) is 5.26 Å². The average Bonchev–Trinajstić information content (AvgIpc) is 2.36. The largest absolute Gasteiger partial charge is 0.382 e. The molecule has 0 saturated carbocycles. The Balaban J connectivity index is 2.82. The molecule has 0 bridgehead atoms. The molecule has 0 atom stereocenters. The zero-order valence-electron chi connectivity index (χ0n) is 10.3. The number of halogens is 1. The van der Waals surface area contributed by atoms with Crippen LogP contribution in [0.4, 0.5) is 5.69 Å². The highest BCUT2D eigenvalue weighted by Crippen LogP contribution is 2.21. The Morgan fingerprint density at radius 3 is 2.59 bits per heavy atom. The molecule has 17 heavy (non-hydrogen) atoms. The maximum absolute atomic E-state index is 8.99. The molecule has 0 amide bonds. The first-order valence-electron chi connectivity index (χ1n) is 5.77. The second-order valence-corrected chi connectivity index (χ2v) is 4.66. The molecule has 92 valence electrons. The first-order chi connectivity index (χ1) is 8.04. The van der Waals surface area contributed by atoms with Crippen LogP contribution in [-0.2, 0) is 0 Å². The fourth-order valence-corrected chi connectivity index (χ4v) is 1.70. The van der Waals surface area contributed by atoms with Gasteiger partial charge in [-0.25, -0.2) is 0 Å². The van der Waals surface area contributed by atoms with Crippen LogP contribution in [-0.4, -0.2) is 12.1 Å². The molecule has 0 heterocycles. The van der Waals surface area contributed by atoms with E-state index in [0.29, 0.717) is 17.1 Å². The van der Waals surface area contributed by atoms with Crippen molar-refractivity contribution >= 4 is 17.3 Å². The number of benzene rings is 1. The maximum Gasteiger partial charge on any atom is 0.101 e. The Bertz CT molecular complexity index is 419. The number of nitrogens with one attached hydrogen (secondary N) is 1. The highest BCUT2D eigenvalue weighted by atomic mass is 35.5. The molecule has 0 aliphatic carbocycles. The molecule has 1 aromatic rings. The molecule has 1 rings (SSSR count). The van der Waals surface area contributed by atoms with Crippen molar-refractivity contribution in [2.24, 2.45) is 5.73 Å². The fraction of sp³-hybridized carbons (Fsp3) is 0.462. The van der Waals surface area contributed by atoms with Crippen LogP contribution in [0.15, 0.2) is 18.2 Å². The molecule has 0 aliphatic rings. The van der Waals surface area contributed by atoms with Crippen molar-refractivity contribution in [1.82, 2.24) is 0 Å². The summed E-state index contributed by atoms with van der Waals surface area (Å²) in [7, 11) is 0. The van der Waals surface area contributed by atoms with Gasteiger partial charge in [0.05, 0.1) is 11.3 Å². The topological polar surface area (TPSA) is 61.8 Å². The number of hydrogen-bond acceptors (Lipinski definition) is 3. The Morgan fingerprint density at radius 1 is 1.41 bits per heavy atom. The molecule has 0 fully saturated rings. The van der Waals surface area contributed by atoms with Crippen molar-refractivity contribution in [2.45, 2.75) is 32.2 Å². The summed E-state index contributed by atoms with van der Waals surface area (Å²) in [5, 5.41) is 12.8. The molecular formula is C13H18ClN3. The van der Waals surface area contributed by atoms with Gasteiger partial charge in [0.25, 0.3) is 0 Å². The van der Waals surface area contributed by atoms with Gasteiger partial charge in [0.1, 0.15) is 6.07 Å². The summed E-state index contributed by atoms with van der Waals surface area (Å²) in [6, 6.07) is 7.31. The minimum absolute atomic E-state index is 0.241. The number of nitrogens with two attached hydrogens (primary N) is 1. The van der Waals surface area contributed by atoms with Crippen molar-refractivity contribution in [3.05, 3.63) is 28.8 Å². The smallest absolute Gasteiger partial charge is 0.101 e. The Labute approximate surface area is 108 Å². The molecular weight excluding hydrogens is 234 g/mol. The Kier molecular flexibility index (Phi) is 4.80. The van der Waals surface area contributed by atoms with Crippen LogP contribution in [0.3, 0.4) is 0 Å². The summed E-state index contributed by atoms with van der Waals surface area (Å²) in [4.78, 5) is 0. The minimum Gasteiger partial charge on any atom is -0.382 e. The monoisotopic (exact) mass is 251 g/mol. The van der Waals surface area contributed by atoms with Gasteiger partial charge in [0.15, 0.2) is 0 Å². The van der Waals surface area contributed by atoms with E-state index in [2.05, 4.69) is 25.2 Å². The minimum atomic E-state index is -0.241. The first kappa shape index (κ1) is 13.8. The third-order valence-electron chi connectivity index (χ3n) is 3.14. The zero-order chi connectivity index (χ0) is 12.9. The van der Waals surface area contributed by atoms with Gasteiger partial charge < -0.3 is 11.1 Å². The van der Waals surface area contributed by atoms with E-state index in [9.17, 15) is 0 Å². The second kappa shape index (κ2) is 5.90. The van der Waals surface area contributed by atoms with E-state index in [-0.39, 0.29) is 5.54 Å². The lowest BCUT2D eigenvalue weighted by Gasteiger charge is -2.27. The lowest BCUT2D eigenvalue weighted by Crippen LogP contribution is -2.45. The van der Waals surface area contributed by atoms with Gasteiger partial charge >= 0.3 is 0 Å². The summed E-state index contributed by atoms with van der Waals surface area (Å²) in [5.41, 5.74) is 7.29. The SMILES string of the molecule is CCC(N)(CC)CNc1cc(Cl)ccc1C#N. The molecule has 3 nitrogen and oxygen atoms in total. The summed E-state index contributed by atoms with van der Waals surface area (Å²) < 4.78 is 0. The van der Waals surface area contributed by atoms with E-state index in [1.54, 1.807) is 18.2 Å². The second-order valence-electron chi connectivity index (χ2n) is 4.22. The van der Waals surface area contributed by atoms with E-state index < -0.39 is 0 Å². The Hall–Kier alpha value is -1.24. The molecule has 3 N–H and O–H groups in total. The van der Waals surface area contributed by atoms with Gasteiger partial charge in [-0.05, 0) is 31.0 Å². The van der Waals surface area contributed by atoms with Gasteiger partial charge in [-0.15, -0.1) is 0 Å². The number of rotatable bonds is 5. The molecule has 0 radical (unpaired) electrons. The molecule has 4 heteroatoms. The van der Waals surface area contributed by atoms with E-state index in [1.807, 2.05) is 0 Å². The highest BCUT2D eigenvalue weighted by molar-refractivity contribution is 6.30. The average molecular weight is 252 g/mol. The molecule has 0 spiro atoms. The van der Waals surface area contributed by atoms with E-state index >= 15 is 0 Å². The van der Waals surface area contributed by atoms with Crippen LogP contribution in [0, 0.1) is 11.3 Å². The maximum atomic E-state index is 8.99. The zero-order valence-corrected chi connectivity index (χ0v) is 11.0. The van der Waals surface area contributed by atoms with Gasteiger partial charge in [-0.1, -0.05) is 25.4 Å². The van der Waals surface area contributed by atoms with Crippen LogP contribution in [0.2, 0.25) is 5.02 Å². The van der Waals surface area contributed by atoms with Gasteiger partial charge in [0, 0.05) is 17.1 Å². The van der Waals surface area contributed by atoms with Crippen LogP contribution in [0.5, 0.6) is 0 Å². The van der Waals surface area contributed by atoms with Crippen molar-refractivity contribution in [3.8, 4) is 6.07 Å². The molecule has 0 aromatic heterocycles. The summed E-state index contributed by atoms with van der Waals surface area (Å²) >= 11 is 5.91. The number of hydrogen-bond donors (Lipinski definition) is 2. The quantitative estimate of drug-likeness (QED) is 0.845. The van der Waals surface area contributed by atoms with Crippen LogP contribution in [0.1, 0.15) is 32.3 Å². The normalized spacial score (nSPS) is 11.0. The lowest BCUT2D eigenvalue weighted by atomic mass is 9.94. The van der Waals surface area contributed by atoms with Crippen molar-refractivity contribution in [1.29, 1.82) is 5.26 Å². The standard InChI is InChI=1S/C13H18ClN3/c1-3-13(16,4-2)9-17-12-7-11(14)6-5-10(12)8-15/h5-7,17H,3-4,9,16H2,1-2H3. The lowest BCUT2D eigenvalue weighted by molar-refractivity contribution is 0.418. The van der Waals surface area contributed by atoms with Crippen LogP contribution < -0.4 is 11.1 Å². The first-order valence-corrected chi connectivity index (χ1v) is 6.15. The third kappa shape index (κ3) is 3.62. The van der Waals surface area contributed by atoms with Gasteiger partial charge in [0.2, 0.25) is 0 Å². The predicted molar refractivity (Wildman–Crippen MR) is 72.2 cm³/mol. The van der Waals surface area contributed by atoms with Crippen LogP contribution >= 0.6 is 11.6 Å². The predicted octanol–water partition coefficient (Wildman–Crippen LogP) is 3.14. The van der Waals surface area contributed by atoms with Gasteiger partial charge in [-0.3, -0.25) is 0 Å². The summed E-state index contributed by atoms with van der Waals surface area (Å²) in [6.45, 7) is 4.76. The van der Waals surface area contributed by atoms with Crippen molar-refractivity contribution in [2.75, 3.05) is 11.9 Å². The van der Waals surface area contributed by atoms with Crippen molar-refractivity contribution < 1.29 is 0 Å². The third-order valence-corrected chi connectivity index (χ3v) is 3.38. The number of anilines is 1.